The third-order valence-corrected chi connectivity index (χ3v) is 3.51. The Morgan fingerprint density at radius 1 is 1.26 bits per heavy atom. The number of amides is 1. The van der Waals surface area contributed by atoms with Crippen LogP contribution in [0.15, 0.2) is 30.3 Å². The van der Waals surface area contributed by atoms with Crippen LogP contribution in [0.2, 0.25) is 0 Å². The second-order valence-electron chi connectivity index (χ2n) is 4.92. The first-order chi connectivity index (χ1) is 8.79. The molecule has 3 nitrogen and oxygen atoms in total. The van der Waals surface area contributed by atoms with E-state index in [1.54, 1.807) is 0 Å². The molecule has 1 atom stereocenters. The number of carbonyl (C=O) groups excluding carboxylic acids is 1. The van der Waals surface area contributed by atoms with Crippen molar-refractivity contribution in [2.45, 2.75) is 32.2 Å². The normalized spacial score (nSPS) is 16.7. The molecule has 1 aromatic carbocycles. The number of nitrogens with zero attached hydrogens (tertiary/aromatic N) is 1. The van der Waals surface area contributed by atoms with Gasteiger partial charge >= 0.3 is 0 Å². The van der Waals surface area contributed by atoms with Crippen LogP contribution in [-0.4, -0.2) is 30.4 Å². The molecule has 1 amide bonds. The Kier molecular flexibility index (Phi) is 6.89. The third kappa shape index (κ3) is 4.84. The lowest BCUT2D eigenvalue weighted by molar-refractivity contribution is -0.122. The van der Waals surface area contributed by atoms with E-state index >= 15 is 0 Å². The molecule has 2 rings (SSSR count). The van der Waals surface area contributed by atoms with Crippen LogP contribution in [0, 0.1) is 0 Å². The molecule has 1 fully saturated rings. The Morgan fingerprint density at radius 3 is 2.47 bits per heavy atom. The highest BCUT2D eigenvalue weighted by atomic mass is 35.5. The zero-order chi connectivity index (χ0) is 12.8. The Balaban J connectivity index is 0.00000180. The lowest BCUT2D eigenvalue weighted by atomic mass is 10.0. The Morgan fingerprint density at radius 2 is 1.89 bits per heavy atom. The fourth-order valence-electron chi connectivity index (χ4n) is 2.49. The zero-order valence-corrected chi connectivity index (χ0v) is 12.3. The summed E-state index contributed by atoms with van der Waals surface area (Å²) in [4.78, 5) is 14.2. The average molecular weight is 283 g/mol. The molecule has 0 aliphatic carbocycles. The van der Waals surface area contributed by atoms with E-state index in [1.165, 1.54) is 18.4 Å². The summed E-state index contributed by atoms with van der Waals surface area (Å²) in [5.41, 5.74) is 1.19. The van der Waals surface area contributed by atoms with Gasteiger partial charge in [0.25, 0.3) is 0 Å². The van der Waals surface area contributed by atoms with E-state index in [2.05, 4.69) is 29.3 Å². The molecular weight excluding hydrogens is 260 g/mol. The van der Waals surface area contributed by atoms with Gasteiger partial charge in [0.15, 0.2) is 0 Å². The highest BCUT2D eigenvalue weighted by Gasteiger charge is 2.17. The van der Waals surface area contributed by atoms with E-state index in [4.69, 9.17) is 0 Å². The van der Waals surface area contributed by atoms with Gasteiger partial charge in [-0.1, -0.05) is 37.3 Å². The number of benzene rings is 1. The van der Waals surface area contributed by atoms with E-state index in [1.807, 2.05) is 18.2 Å². The minimum Gasteiger partial charge on any atom is -0.348 e. The predicted molar refractivity (Wildman–Crippen MR) is 80.5 cm³/mol. The van der Waals surface area contributed by atoms with Gasteiger partial charge in [0, 0.05) is 0 Å². The Bertz CT molecular complexity index is 377. The second-order valence-corrected chi connectivity index (χ2v) is 4.92. The number of hydrogen-bond donors (Lipinski definition) is 1. The molecule has 0 radical (unpaired) electrons. The molecule has 4 heteroatoms. The minimum atomic E-state index is 0. The van der Waals surface area contributed by atoms with Crippen molar-refractivity contribution in [2.75, 3.05) is 19.6 Å². The molecule has 1 aliphatic rings. The maximum atomic E-state index is 12.0. The fourth-order valence-corrected chi connectivity index (χ4v) is 2.49. The monoisotopic (exact) mass is 282 g/mol. The molecular formula is C15H23ClN2O. The van der Waals surface area contributed by atoms with Crippen LogP contribution in [0.1, 0.15) is 37.8 Å². The number of hydrogen-bond acceptors (Lipinski definition) is 2. The SMILES string of the molecule is CCC(NC(=O)CN1CCCC1)c1ccccc1.Cl. The third-order valence-electron chi connectivity index (χ3n) is 3.51. The molecule has 1 saturated heterocycles. The standard InChI is InChI=1S/C15H22N2O.ClH/c1-2-14(13-8-4-3-5-9-13)16-15(18)12-17-10-6-7-11-17;/h3-5,8-9,14H,2,6-7,10-12H2,1H3,(H,16,18);1H. The smallest absolute Gasteiger partial charge is 0.234 e. The largest absolute Gasteiger partial charge is 0.348 e. The minimum absolute atomic E-state index is 0. The predicted octanol–water partition coefficient (Wildman–Crippen LogP) is 2.77. The highest BCUT2D eigenvalue weighted by molar-refractivity contribution is 5.85. The van der Waals surface area contributed by atoms with Crippen molar-refractivity contribution in [3.05, 3.63) is 35.9 Å². The lowest BCUT2D eigenvalue weighted by Crippen LogP contribution is -2.37. The van der Waals surface area contributed by atoms with E-state index in [0.29, 0.717) is 6.54 Å². The number of rotatable bonds is 5. The van der Waals surface area contributed by atoms with Gasteiger partial charge in [-0.2, -0.15) is 0 Å². The maximum Gasteiger partial charge on any atom is 0.234 e. The quantitative estimate of drug-likeness (QED) is 0.901. The van der Waals surface area contributed by atoms with Gasteiger partial charge in [-0.05, 0) is 37.9 Å². The van der Waals surface area contributed by atoms with Gasteiger partial charge < -0.3 is 5.32 Å². The van der Waals surface area contributed by atoms with Crippen LogP contribution in [0.4, 0.5) is 0 Å². The van der Waals surface area contributed by atoms with Crippen LogP contribution in [0.5, 0.6) is 0 Å². The summed E-state index contributed by atoms with van der Waals surface area (Å²) in [6.45, 7) is 4.78. The molecule has 106 valence electrons. The lowest BCUT2D eigenvalue weighted by Gasteiger charge is -2.20. The van der Waals surface area contributed by atoms with Crippen molar-refractivity contribution in [1.82, 2.24) is 10.2 Å². The summed E-state index contributed by atoms with van der Waals surface area (Å²) in [5.74, 6) is 0.146. The van der Waals surface area contributed by atoms with Crippen LogP contribution in [0.25, 0.3) is 0 Å². The van der Waals surface area contributed by atoms with Gasteiger partial charge in [0.1, 0.15) is 0 Å². The number of carbonyl (C=O) groups is 1. The van der Waals surface area contributed by atoms with Crippen molar-refractivity contribution in [3.63, 3.8) is 0 Å². The van der Waals surface area contributed by atoms with E-state index in [0.717, 1.165) is 19.5 Å². The van der Waals surface area contributed by atoms with Gasteiger partial charge in [-0.25, -0.2) is 0 Å². The van der Waals surface area contributed by atoms with Crippen LogP contribution >= 0.6 is 12.4 Å². The molecule has 1 aliphatic heterocycles. The first-order valence-electron chi connectivity index (χ1n) is 6.86. The van der Waals surface area contributed by atoms with Crippen LogP contribution in [0.3, 0.4) is 0 Å². The van der Waals surface area contributed by atoms with Crippen molar-refractivity contribution < 1.29 is 4.79 Å². The van der Waals surface area contributed by atoms with Crippen LogP contribution < -0.4 is 5.32 Å². The van der Waals surface area contributed by atoms with Crippen molar-refractivity contribution in [2.24, 2.45) is 0 Å². The van der Waals surface area contributed by atoms with Crippen molar-refractivity contribution in [3.8, 4) is 0 Å². The first-order valence-corrected chi connectivity index (χ1v) is 6.86. The zero-order valence-electron chi connectivity index (χ0n) is 11.5. The number of likely N-dealkylation sites (tertiary alicyclic amines) is 1. The Hall–Kier alpha value is -1.06. The number of nitrogens with one attached hydrogen (secondary N) is 1. The molecule has 0 spiro atoms. The molecule has 19 heavy (non-hydrogen) atoms. The molecule has 0 aromatic heterocycles. The molecule has 0 bridgehead atoms. The second kappa shape index (κ2) is 8.18. The molecule has 1 N–H and O–H groups in total. The summed E-state index contributed by atoms with van der Waals surface area (Å²) < 4.78 is 0. The van der Waals surface area contributed by atoms with Crippen molar-refractivity contribution in [1.29, 1.82) is 0 Å². The molecule has 1 heterocycles. The number of halogens is 1. The van der Waals surface area contributed by atoms with Crippen LogP contribution in [-0.2, 0) is 4.79 Å². The summed E-state index contributed by atoms with van der Waals surface area (Å²) in [7, 11) is 0. The summed E-state index contributed by atoms with van der Waals surface area (Å²) >= 11 is 0. The first kappa shape index (κ1) is 16.0. The average Bonchev–Trinajstić information content (AvgIpc) is 2.90. The molecule has 1 aromatic rings. The highest BCUT2D eigenvalue weighted by Crippen LogP contribution is 2.16. The summed E-state index contributed by atoms with van der Waals surface area (Å²) in [5, 5.41) is 3.13. The summed E-state index contributed by atoms with van der Waals surface area (Å²) in [6, 6.07) is 10.3. The van der Waals surface area contributed by atoms with E-state index in [9.17, 15) is 4.79 Å². The maximum absolute atomic E-state index is 12.0. The fraction of sp³-hybridized carbons (Fsp3) is 0.533. The van der Waals surface area contributed by atoms with Gasteiger partial charge in [-0.15, -0.1) is 12.4 Å². The molecule has 1 unspecified atom stereocenters. The van der Waals surface area contributed by atoms with Gasteiger partial charge in [-0.3, -0.25) is 9.69 Å². The van der Waals surface area contributed by atoms with E-state index < -0.39 is 0 Å². The topological polar surface area (TPSA) is 32.3 Å². The molecule has 0 saturated carbocycles. The van der Waals surface area contributed by atoms with Gasteiger partial charge in [0.05, 0.1) is 12.6 Å². The van der Waals surface area contributed by atoms with Gasteiger partial charge in [0.2, 0.25) is 5.91 Å². The Labute approximate surface area is 121 Å². The summed E-state index contributed by atoms with van der Waals surface area (Å²) in [6.07, 6.45) is 3.38. The van der Waals surface area contributed by atoms with E-state index in [-0.39, 0.29) is 24.4 Å². The van der Waals surface area contributed by atoms with Crippen molar-refractivity contribution >= 4 is 18.3 Å².